The molecule has 1 heterocycles. The minimum atomic E-state index is -4.48. The highest BCUT2D eigenvalue weighted by Crippen LogP contribution is 2.40. The summed E-state index contributed by atoms with van der Waals surface area (Å²) in [7, 11) is -4.48. The number of nitrogens with one attached hydrogen (secondary N) is 1. The number of carboxylic acid groups (broad SMARTS) is 1. The van der Waals surface area contributed by atoms with Crippen molar-refractivity contribution in [2.24, 2.45) is 11.5 Å². The van der Waals surface area contributed by atoms with Crippen LogP contribution in [0.4, 0.5) is 5.69 Å². The van der Waals surface area contributed by atoms with Crippen LogP contribution in [0.3, 0.4) is 0 Å². The molecule has 0 saturated carbocycles. The number of rotatable bonds is 11. The molecule has 12 N–H and O–H groups in total. The van der Waals surface area contributed by atoms with E-state index in [1.165, 1.54) is 18.3 Å². The Morgan fingerprint density at radius 3 is 1.84 bits per heavy atom. The molecule has 0 aliphatic heterocycles. The summed E-state index contributed by atoms with van der Waals surface area (Å²) in [5.74, 6) is -0.661. The first kappa shape index (κ1) is 39.6. The molecule has 16 nitrogen and oxygen atoms in total. The smallest absolute Gasteiger partial charge is 0.481 e. The molecular formula is C26H41N4O12P. The van der Waals surface area contributed by atoms with E-state index in [4.69, 9.17) is 46.8 Å². The third kappa shape index (κ3) is 18.0. The molecule has 0 amide bonds. The van der Waals surface area contributed by atoms with Gasteiger partial charge >= 0.3 is 13.8 Å². The number of aliphatic carboxylic acids is 1. The highest BCUT2D eigenvalue weighted by atomic mass is 31.2. The summed E-state index contributed by atoms with van der Waals surface area (Å²) >= 11 is 0. The molecule has 0 spiro atoms. The van der Waals surface area contributed by atoms with Crippen LogP contribution in [-0.4, -0.2) is 88.7 Å². The molecule has 0 fully saturated rings. The topological polar surface area (TPSA) is 296 Å². The van der Waals surface area contributed by atoms with Gasteiger partial charge in [0.2, 0.25) is 0 Å². The molecule has 43 heavy (non-hydrogen) atoms. The number of H-pyrrole nitrogens is 1. The van der Waals surface area contributed by atoms with Crippen molar-refractivity contribution in [3.05, 3.63) is 70.4 Å². The fraction of sp³-hybridized carbons (Fsp3) is 0.423. The van der Waals surface area contributed by atoms with Crippen molar-refractivity contribution in [3.8, 4) is 5.75 Å². The van der Waals surface area contributed by atoms with Crippen LogP contribution in [-0.2, 0) is 15.8 Å². The van der Waals surface area contributed by atoms with Crippen molar-refractivity contribution >= 4 is 30.4 Å². The van der Waals surface area contributed by atoms with E-state index >= 15 is 0 Å². The standard InChI is InChI=1S/C10H11NO4.C8H8NO4P.2C4H11NO2/c12-10(13)3-1-2-8-4-6-9(7-5-8)11(14)15;10-14(11,12)13-8-5-9-7-4-2-1-3-6(7)8;2*1-4(5,2-6)3-7/h4-7H,1-3H2,(H,12,13);1-5,9H,(H2,10,11,12);2*6-7H,2-3,5H2,1H3. The van der Waals surface area contributed by atoms with E-state index in [9.17, 15) is 19.5 Å². The number of aromatic amines is 1. The molecule has 242 valence electrons. The van der Waals surface area contributed by atoms with Gasteiger partial charge in [-0.15, -0.1) is 0 Å². The van der Waals surface area contributed by atoms with Crippen molar-refractivity contribution in [2.45, 2.75) is 44.2 Å². The second-order valence-electron chi connectivity index (χ2n) is 9.89. The van der Waals surface area contributed by atoms with E-state index in [1.54, 1.807) is 44.2 Å². The maximum atomic E-state index is 10.6. The van der Waals surface area contributed by atoms with Crippen molar-refractivity contribution in [1.82, 2.24) is 4.98 Å². The molecule has 0 aliphatic rings. The summed E-state index contributed by atoms with van der Waals surface area (Å²) < 4.78 is 15.1. The molecule has 0 saturated heterocycles. The number of fused-ring (bicyclic) bond motifs is 1. The molecule has 0 unspecified atom stereocenters. The van der Waals surface area contributed by atoms with Gasteiger partial charge in [-0.1, -0.05) is 24.3 Å². The van der Waals surface area contributed by atoms with Gasteiger partial charge in [-0.25, -0.2) is 4.57 Å². The molecule has 1 aromatic heterocycles. The number of hydrogen-bond donors (Lipinski definition) is 10. The van der Waals surface area contributed by atoms with Gasteiger partial charge in [0, 0.05) is 35.7 Å². The molecule has 0 aliphatic carbocycles. The molecule has 2 aromatic carbocycles. The van der Waals surface area contributed by atoms with Crippen molar-refractivity contribution in [2.75, 3.05) is 26.4 Å². The third-order valence-corrected chi connectivity index (χ3v) is 5.65. The van der Waals surface area contributed by atoms with Gasteiger partial charge in [0.25, 0.3) is 5.69 Å². The lowest BCUT2D eigenvalue weighted by Crippen LogP contribution is -2.43. The lowest BCUT2D eigenvalue weighted by Gasteiger charge is -2.16. The summed E-state index contributed by atoms with van der Waals surface area (Å²) in [5.41, 5.74) is 10.6. The number of phosphoric ester groups is 1. The number of hydrogen-bond acceptors (Lipinski definition) is 11. The normalized spacial score (nSPS) is 11.2. The van der Waals surface area contributed by atoms with Gasteiger partial charge in [-0.3, -0.25) is 24.7 Å². The predicted octanol–water partition coefficient (Wildman–Crippen LogP) is 1.02. The maximum absolute atomic E-state index is 10.6. The fourth-order valence-electron chi connectivity index (χ4n) is 2.58. The monoisotopic (exact) mass is 632 g/mol. The number of carbonyl (C=O) groups is 1. The van der Waals surface area contributed by atoms with Gasteiger partial charge in [0.05, 0.1) is 42.4 Å². The number of non-ortho nitro benzene ring substituents is 1. The zero-order valence-corrected chi connectivity index (χ0v) is 24.8. The highest BCUT2D eigenvalue weighted by molar-refractivity contribution is 7.46. The molecular weight excluding hydrogens is 591 g/mol. The third-order valence-electron chi connectivity index (χ3n) is 5.22. The van der Waals surface area contributed by atoms with E-state index in [2.05, 4.69) is 9.51 Å². The number of nitrogens with two attached hydrogens (primary N) is 2. The molecule has 3 rings (SSSR count). The van der Waals surface area contributed by atoms with E-state index in [1.807, 2.05) is 6.07 Å². The lowest BCUT2D eigenvalue weighted by atomic mass is 10.1. The summed E-state index contributed by atoms with van der Waals surface area (Å²) in [6.45, 7) is 2.44. The number of aliphatic hydroxyl groups is 4. The minimum absolute atomic E-state index is 0.0528. The number of nitro groups is 1. The van der Waals surface area contributed by atoms with Crippen LogP contribution in [0.25, 0.3) is 10.9 Å². The van der Waals surface area contributed by atoms with Crippen molar-refractivity contribution in [1.29, 1.82) is 0 Å². The van der Waals surface area contributed by atoms with Crippen LogP contribution in [0.1, 0.15) is 32.3 Å². The predicted molar refractivity (Wildman–Crippen MR) is 158 cm³/mol. The van der Waals surface area contributed by atoms with Crippen LogP contribution in [0.2, 0.25) is 0 Å². The van der Waals surface area contributed by atoms with Crippen LogP contribution in [0.15, 0.2) is 54.7 Å². The number of aromatic nitrogens is 1. The van der Waals surface area contributed by atoms with Gasteiger partial charge in [0.15, 0.2) is 5.75 Å². The summed E-state index contributed by atoms with van der Waals surface area (Å²) in [6, 6.07) is 13.3. The van der Waals surface area contributed by atoms with Crippen LogP contribution < -0.4 is 16.0 Å². The number of para-hydroxylation sites is 1. The fourth-order valence-corrected chi connectivity index (χ4v) is 2.98. The Morgan fingerprint density at radius 2 is 1.44 bits per heavy atom. The highest BCUT2D eigenvalue weighted by Gasteiger charge is 2.18. The largest absolute Gasteiger partial charge is 0.524 e. The summed E-state index contributed by atoms with van der Waals surface area (Å²) in [5, 5.41) is 52.6. The SMILES string of the molecule is CC(N)(CO)CO.CC(N)(CO)CO.O=C(O)CCCc1ccc([N+](=O)[O-])cc1.O=P(O)(O)Oc1c[nH]c2ccccc12. The quantitative estimate of drug-likeness (QED) is 0.0802. The number of nitro benzene ring substituents is 1. The lowest BCUT2D eigenvalue weighted by molar-refractivity contribution is -0.384. The van der Waals surface area contributed by atoms with Crippen LogP contribution >= 0.6 is 7.82 Å². The Bertz CT molecular complexity index is 1260. The van der Waals surface area contributed by atoms with Crippen molar-refractivity contribution in [3.63, 3.8) is 0 Å². The molecule has 0 atom stereocenters. The Hall–Kier alpha value is -3.44. The maximum Gasteiger partial charge on any atom is 0.524 e. The van der Waals surface area contributed by atoms with E-state index in [-0.39, 0.29) is 44.3 Å². The number of phosphoric acid groups is 1. The first-order chi connectivity index (χ1) is 19.9. The zero-order valence-electron chi connectivity index (χ0n) is 23.9. The Labute approximate surface area is 247 Å². The second kappa shape index (κ2) is 19.0. The molecule has 0 radical (unpaired) electrons. The van der Waals surface area contributed by atoms with Gasteiger partial charge in [-0.2, -0.15) is 0 Å². The summed E-state index contributed by atoms with van der Waals surface area (Å²) in [6.07, 6.45) is 2.72. The number of aliphatic hydroxyl groups excluding tert-OH is 4. The number of nitrogens with zero attached hydrogens (tertiary/aromatic N) is 1. The average Bonchev–Trinajstić information content (AvgIpc) is 3.35. The van der Waals surface area contributed by atoms with E-state index in [0.717, 1.165) is 11.1 Å². The Kier molecular flexibility index (Phi) is 17.4. The number of aryl methyl sites for hydroxylation is 1. The molecule has 17 heteroatoms. The Balaban J connectivity index is 0.000000582. The number of carboxylic acids is 1. The van der Waals surface area contributed by atoms with Crippen LogP contribution in [0.5, 0.6) is 5.75 Å². The minimum Gasteiger partial charge on any atom is -0.481 e. The van der Waals surface area contributed by atoms with Gasteiger partial charge in [-0.05, 0) is 44.4 Å². The van der Waals surface area contributed by atoms with Gasteiger partial charge < -0.3 is 46.5 Å². The van der Waals surface area contributed by atoms with E-state index < -0.39 is 29.8 Å². The number of benzene rings is 2. The first-order valence-corrected chi connectivity index (χ1v) is 14.2. The Morgan fingerprint density at radius 1 is 0.953 bits per heavy atom. The van der Waals surface area contributed by atoms with Crippen molar-refractivity contribution < 1.29 is 54.1 Å². The molecule has 0 bridgehead atoms. The van der Waals surface area contributed by atoms with Gasteiger partial charge in [0.1, 0.15) is 0 Å². The zero-order chi connectivity index (χ0) is 33.3. The second-order valence-corrected chi connectivity index (χ2v) is 11.1. The van der Waals surface area contributed by atoms with Crippen LogP contribution in [0, 0.1) is 10.1 Å². The first-order valence-electron chi connectivity index (χ1n) is 12.7. The van der Waals surface area contributed by atoms with E-state index in [0.29, 0.717) is 18.2 Å². The molecule has 3 aromatic rings. The average molecular weight is 633 g/mol. The summed E-state index contributed by atoms with van der Waals surface area (Å²) in [4.78, 5) is 40.2.